The Hall–Kier alpha value is -1.03. The number of nitrogens with one attached hydrogen (secondary N) is 2. The van der Waals surface area contributed by atoms with Crippen LogP contribution in [-0.4, -0.2) is 16.8 Å². The minimum Gasteiger partial charge on any atom is -0.373 e. The number of nitrogens with zero attached hydrogens (tertiary/aromatic N) is 2. The average molecular weight is 272 g/mol. The molecule has 0 radical (unpaired) electrons. The fourth-order valence-electron chi connectivity index (χ4n) is 5.93. The molecule has 1 aromatic heterocycles. The summed E-state index contributed by atoms with van der Waals surface area (Å²) in [5.74, 6) is 5.16. The summed E-state index contributed by atoms with van der Waals surface area (Å²) >= 11 is 0. The summed E-state index contributed by atoms with van der Waals surface area (Å²) < 4.78 is 2.40. The van der Waals surface area contributed by atoms with Gasteiger partial charge in [-0.1, -0.05) is 0 Å². The first-order valence-electron chi connectivity index (χ1n) is 8.32. The van der Waals surface area contributed by atoms with E-state index in [0.717, 1.165) is 36.8 Å². The first-order valence-corrected chi connectivity index (χ1v) is 8.32. The number of hydrogen-bond acceptors (Lipinski definition) is 3. The van der Waals surface area contributed by atoms with Crippen LogP contribution in [0.5, 0.6) is 0 Å². The molecule has 108 valence electrons. The molecule has 1 aliphatic heterocycles. The molecule has 4 bridgehead atoms. The summed E-state index contributed by atoms with van der Waals surface area (Å²) in [6.45, 7) is 1.93. The van der Waals surface area contributed by atoms with Gasteiger partial charge < -0.3 is 10.6 Å². The molecule has 20 heavy (non-hydrogen) atoms. The third kappa shape index (κ3) is 1.43. The lowest BCUT2D eigenvalue weighted by molar-refractivity contribution is -0.0329. The minimum absolute atomic E-state index is 0.677. The van der Waals surface area contributed by atoms with Gasteiger partial charge in [0.2, 0.25) is 0 Å². The van der Waals surface area contributed by atoms with Crippen LogP contribution in [0.25, 0.3) is 0 Å². The molecule has 4 nitrogen and oxygen atoms in total. The molecular formula is C16H24N4. The predicted octanol–water partition coefficient (Wildman–Crippen LogP) is 2.53. The van der Waals surface area contributed by atoms with Crippen molar-refractivity contribution in [1.29, 1.82) is 0 Å². The standard InChI is InChI=1S/C16H24N4/c1-17-16-13-7-18-8-14(13)19-20(16)15-11-3-9-2-10(5-11)6-12(15)4-9/h9-12,15,17-18H,2-8H2,1H3. The largest absolute Gasteiger partial charge is 0.373 e. The summed E-state index contributed by atoms with van der Waals surface area (Å²) in [5, 5.41) is 11.9. The zero-order valence-electron chi connectivity index (χ0n) is 12.2. The Labute approximate surface area is 120 Å². The summed E-state index contributed by atoms with van der Waals surface area (Å²) in [7, 11) is 2.06. The number of fused-ring (bicyclic) bond motifs is 1. The van der Waals surface area contributed by atoms with Crippen LogP contribution in [0.4, 0.5) is 5.82 Å². The van der Waals surface area contributed by atoms with Crippen molar-refractivity contribution in [3.05, 3.63) is 11.3 Å². The number of rotatable bonds is 2. The van der Waals surface area contributed by atoms with Crippen molar-refractivity contribution >= 4 is 5.82 Å². The quantitative estimate of drug-likeness (QED) is 0.869. The Kier molecular flexibility index (Phi) is 2.32. The fourth-order valence-corrected chi connectivity index (χ4v) is 5.93. The molecule has 4 heteroatoms. The molecule has 2 N–H and O–H groups in total. The molecule has 0 atom stereocenters. The van der Waals surface area contributed by atoms with Crippen molar-refractivity contribution in [3.8, 4) is 0 Å². The van der Waals surface area contributed by atoms with Gasteiger partial charge in [-0.3, -0.25) is 0 Å². The van der Waals surface area contributed by atoms with Crippen LogP contribution < -0.4 is 10.6 Å². The molecule has 0 aromatic carbocycles. The maximum atomic E-state index is 5.00. The van der Waals surface area contributed by atoms with Crippen molar-refractivity contribution in [3.63, 3.8) is 0 Å². The molecule has 4 aliphatic carbocycles. The molecule has 6 rings (SSSR count). The Morgan fingerprint density at radius 1 is 1.05 bits per heavy atom. The molecule has 4 fully saturated rings. The van der Waals surface area contributed by atoms with Gasteiger partial charge >= 0.3 is 0 Å². The molecule has 0 spiro atoms. The minimum atomic E-state index is 0.677. The Morgan fingerprint density at radius 3 is 2.40 bits per heavy atom. The highest BCUT2D eigenvalue weighted by atomic mass is 15.4. The van der Waals surface area contributed by atoms with Crippen molar-refractivity contribution < 1.29 is 0 Å². The number of anilines is 1. The van der Waals surface area contributed by atoms with Gasteiger partial charge in [0, 0.05) is 25.7 Å². The first kappa shape index (κ1) is 11.6. The van der Waals surface area contributed by atoms with Crippen LogP contribution >= 0.6 is 0 Å². The summed E-state index contributed by atoms with van der Waals surface area (Å²) in [5.41, 5.74) is 2.70. The van der Waals surface area contributed by atoms with Gasteiger partial charge in [-0.25, -0.2) is 4.68 Å². The van der Waals surface area contributed by atoms with Gasteiger partial charge in [-0.15, -0.1) is 0 Å². The highest BCUT2D eigenvalue weighted by Gasteiger charge is 2.50. The zero-order chi connectivity index (χ0) is 13.3. The predicted molar refractivity (Wildman–Crippen MR) is 78.4 cm³/mol. The molecule has 0 amide bonds. The van der Waals surface area contributed by atoms with Crippen LogP contribution in [0, 0.1) is 23.7 Å². The lowest BCUT2D eigenvalue weighted by atomic mass is 9.54. The van der Waals surface area contributed by atoms with Crippen molar-refractivity contribution in [2.45, 2.75) is 51.2 Å². The molecular weight excluding hydrogens is 248 g/mol. The average Bonchev–Trinajstić information content (AvgIpc) is 2.97. The third-order valence-corrected chi connectivity index (χ3v) is 6.38. The van der Waals surface area contributed by atoms with Crippen LogP contribution in [0.1, 0.15) is 49.4 Å². The summed E-state index contributed by atoms with van der Waals surface area (Å²) in [6, 6.07) is 0.677. The summed E-state index contributed by atoms with van der Waals surface area (Å²) in [6.07, 6.45) is 7.37. The maximum Gasteiger partial charge on any atom is 0.129 e. The van der Waals surface area contributed by atoms with Gasteiger partial charge in [-0.05, 0) is 55.8 Å². The van der Waals surface area contributed by atoms with E-state index >= 15 is 0 Å². The Bertz CT molecular complexity index is 519. The van der Waals surface area contributed by atoms with E-state index in [0.29, 0.717) is 6.04 Å². The van der Waals surface area contributed by atoms with Gasteiger partial charge in [0.15, 0.2) is 0 Å². The van der Waals surface area contributed by atoms with Crippen LogP contribution in [0.15, 0.2) is 0 Å². The summed E-state index contributed by atoms with van der Waals surface area (Å²) in [4.78, 5) is 0. The second kappa shape index (κ2) is 4.00. The van der Waals surface area contributed by atoms with E-state index in [1.807, 2.05) is 0 Å². The second-order valence-corrected chi connectivity index (χ2v) is 7.49. The van der Waals surface area contributed by atoms with Crippen LogP contribution in [0.2, 0.25) is 0 Å². The van der Waals surface area contributed by atoms with Crippen molar-refractivity contribution in [1.82, 2.24) is 15.1 Å². The van der Waals surface area contributed by atoms with E-state index in [9.17, 15) is 0 Å². The number of hydrogen-bond donors (Lipinski definition) is 2. The fraction of sp³-hybridized carbons (Fsp3) is 0.812. The van der Waals surface area contributed by atoms with Crippen molar-refractivity contribution in [2.75, 3.05) is 12.4 Å². The smallest absolute Gasteiger partial charge is 0.129 e. The lowest BCUT2D eigenvalue weighted by Gasteiger charge is -2.54. The lowest BCUT2D eigenvalue weighted by Crippen LogP contribution is -2.46. The molecule has 5 aliphatic rings. The third-order valence-electron chi connectivity index (χ3n) is 6.38. The molecule has 1 aromatic rings. The highest BCUT2D eigenvalue weighted by Crippen LogP contribution is 2.58. The maximum absolute atomic E-state index is 5.00. The van der Waals surface area contributed by atoms with E-state index in [1.165, 1.54) is 49.2 Å². The van der Waals surface area contributed by atoms with E-state index < -0.39 is 0 Å². The van der Waals surface area contributed by atoms with Crippen LogP contribution in [-0.2, 0) is 13.1 Å². The van der Waals surface area contributed by atoms with Gasteiger partial charge in [0.25, 0.3) is 0 Å². The second-order valence-electron chi connectivity index (χ2n) is 7.49. The SMILES string of the molecule is CNc1c2c(nn1C1C3CC4CC(C3)CC1C4)CNC2. The first-order chi connectivity index (χ1) is 9.83. The van der Waals surface area contributed by atoms with Crippen molar-refractivity contribution in [2.24, 2.45) is 23.7 Å². The zero-order valence-corrected chi connectivity index (χ0v) is 12.2. The molecule has 4 saturated carbocycles. The molecule has 0 saturated heterocycles. The Balaban J connectivity index is 1.57. The van der Waals surface area contributed by atoms with E-state index in [4.69, 9.17) is 5.10 Å². The van der Waals surface area contributed by atoms with E-state index in [2.05, 4.69) is 22.4 Å². The molecule has 2 heterocycles. The van der Waals surface area contributed by atoms with E-state index in [-0.39, 0.29) is 0 Å². The monoisotopic (exact) mass is 272 g/mol. The van der Waals surface area contributed by atoms with Gasteiger partial charge in [0.1, 0.15) is 5.82 Å². The van der Waals surface area contributed by atoms with Crippen LogP contribution in [0.3, 0.4) is 0 Å². The topological polar surface area (TPSA) is 41.9 Å². The number of aromatic nitrogens is 2. The molecule has 0 unspecified atom stereocenters. The van der Waals surface area contributed by atoms with E-state index in [1.54, 1.807) is 0 Å². The van der Waals surface area contributed by atoms with Gasteiger partial charge in [0.05, 0.1) is 11.7 Å². The Morgan fingerprint density at radius 2 is 1.75 bits per heavy atom. The normalized spacial score (nSPS) is 41.1. The van der Waals surface area contributed by atoms with Gasteiger partial charge in [-0.2, -0.15) is 5.10 Å². The highest BCUT2D eigenvalue weighted by molar-refractivity contribution is 5.49.